The molecular weight excluding hydrogens is 312 g/mol. The fourth-order valence-electron chi connectivity index (χ4n) is 2.20. The fraction of sp³-hybridized carbons (Fsp3) is 0.250. The Morgan fingerprint density at radius 3 is 2.87 bits per heavy atom. The summed E-state index contributed by atoms with van der Waals surface area (Å²) < 4.78 is 6.87. The molecule has 1 aromatic carbocycles. The van der Waals surface area contributed by atoms with Gasteiger partial charge in [-0.15, -0.1) is 0 Å². The first-order valence-corrected chi connectivity index (χ1v) is 8.12. The molecule has 118 valence electrons. The normalized spacial score (nSPS) is 12.3. The van der Waals surface area contributed by atoms with Crippen LogP contribution < -0.4 is 0 Å². The van der Waals surface area contributed by atoms with Crippen LogP contribution >= 0.6 is 11.8 Å². The third-order valence-corrected chi connectivity index (χ3v) is 4.42. The summed E-state index contributed by atoms with van der Waals surface area (Å²) in [5.74, 6) is 0.245. The molecule has 0 radical (unpaired) electrons. The van der Waals surface area contributed by atoms with Crippen molar-refractivity contribution in [1.29, 1.82) is 0 Å². The van der Waals surface area contributed by atoms with Gasteiger partial charge in [-0.25, -0.2) is 4.98 Å². The number of hydrogen-bond donors (Lipinski definition) is 0. The lowest BCUT2D eigenvalue weighted by Crippen LogP contribution is -2.14. The van der Waals surface area contributed by atoms with Crippen LogP contribution in [0.4, 0.5) is 0 Å². The van der Waals surface area contributed by atoms with E-state index < -0.39 is 5.25 Å². The van der Waals surface area contributed by atoms with E-state index in [1.54, 1.807) is 11.4 Å². The number of esters is 1. The molecule has 0 aliphatic rings. The van der Waals surface area contributed by atoms with E-state index in [0.717, 1.165) is 16.3 Å². The molecule has 2 aromatic heterocycles. The number of carbonyl (C=O) groups excluding carboxylic acids is 1. The number of nitrogens with zero attached hydrogens (tertiary/aromatic N) is 4. The van der Waals surface area contributed by atoms with E-state index in [9.17, 15) is 4.79 Å². The van der Waals surface area contributed by atoms with Crippen molar-refractivity contribution in [2.24, 2.45) is 0 Å². The summed E-state index contributed by atoms with van der Waals surface area (Å²) in [6.45, 7) is 4.04. The zero-order chi connectivity index (χ0) is 16.2. The fourth-order valence-corrected chi connectivity index (χ4v) is 3.37. The van der Waals surface area contributed by atoms with Crippen molar-refractivity contribution in [2.45, 2.75) is 24.1 Å². The minimum Gasteiger partial charge on any atom is -0.465 e. The zero-order valence-corrected chi connectivity index (χ0v) is 13.7. The van der Waals surface area contributed by atoms with Crippen molar-refractivity contribution < 1.29 is 9.53 Å². The quantitative estimate of drug-likeness (QED) is 0.407. The number of ether oxygens (including phenoxy) is 1. The van der Waals surface area contributed by atoms with E-state index in [0.29, 0.717) is 12.4 Å². The van der Waals surface area contributed by atoms with Crippen molar-refractivity contribution in [1.82, 2.24) is 19.6 Å². The smallest absolute Gasteiger partial charge is 0.324 e. The molecular formula is C16H16N4O2S. The third-order valence-electron chi connectivity index (χ3n) is 3.19. The highest BCUT2D eigenvalue weighted by atomic mass is 32.2. The van der Waals surface area contributed by atoms with Gasteiger partial charge in [0.1, 0.15) is 16.6 Å². The molecule has 0 bridgehead atoms. The molecule has 0 fully saturated rings. The van der Waals surface area contributed by atoms with Crippen LogP contribution in [0.25, 0.3) is 5.78 Å². The van der Waals surface area contributed by atoms with Gasteiger partial charge in [0.2, 0.25) is 0 Å². The predicted molar refractivity (Wildman–Crippen MR) is 87.2 cm³/mol. The van der Waals surface area contributed by atoms with Crippen LogP contribution in [0.2, 0.25) is 0 Å². The van der Waals surface area contributed by atoms with Gasteiger partial charge in [-0.05, 0) is 25.5 Å². The molecule has 0 aliphatic carbocycles. The number of fused-ring (bicyclic) bond motifs is 1. The molecule has 0 aliphatic heterocycles. The maximum Gasteiger partial charge on any atom is 0.324 e. The van der Waals surface area contributed by atoms with E-state index in [1.165, 1.54) is 18.1 Å². The summed E-state index contributed by atoms with van der Waals surface area (Å²) in [6, 6.07) is 11.5. The molecule has 0 amide bonds. The minimum absolute atomic E-state index is 0.272. The highest BCUT2D eigenvalue weighted by Crippen LogP contribution is 2.36. The van der Waals surface area contributed by atoms with E-state index in [2.05, 4.69) is 15.1 Å². The summed E-state index contributed by atoms with van der Waals surface area (Å²) in [5, 5.41) is 4.51. The highest BCUT2D eigenvalue weighted by molar-refractivity contribution is 8.00. The lowest BCUT2D eigenvalue weighted by atomic mass is 10.1. The average molecular weight is 328 g/mol. The Hall–Kier alpha value is -2.41. The third kappa shape index (κ3) is 3.34. The second-order valence-electron chi connectivity index (χ2n) is 4.87. The van der Waals surface area contributed by atoms with Crippen LogP contribution in [0.1, 0.15) is 23.4 Å². The lowest BCUT2D eigenvalue weighted by Gasteiger charge is -2.16. The Bertz CT molecular complexity index is 819. The number of carbonyl (C=O) groups is 1. The topological polar surface area (TPSA) is 69.4 Å². The van der Waals surface area contributed by atoms with Crippen molar-refractivity contribution in [3.63, 3.8) is 0 Å². The summed E-state index contributed by atoms with van der Waals surface area (Å²) in [6.07, 6.45) is 1.45. The van der Waals surface area contributed by atoms with Gasteiger partial charge in [0.05, 0.1) is 6.61 Å². The molecule has 1 atom stereocenters. The van der Waals surface area contributed by atoms with E-state index in [1.807, 2.05) is 43.3 Å². The lowest BCUT2D eigenvalue weighted by molar-refractivity contribution is -0.142. The summed E-state index contributed by atoms with van der Waals surface area (Å²) in [4.78, 5) is 20.8. The van der Waals surface area contributed by atoms with Gasteiger partial charge >= 0.3 is 5.97 Å². The molecule has 0 saturated heterocycles. The van der Waals surface area contributed by atoms with Gasteiger partial charge < -0.3 is 4.74 Å². The Balaban J connectivity index is 2.00. The largest absolute Gasteiger partial charge is 0.465 e. The van der Waals surface area contributed by atoms with E-state index >= 15 is 0 Å². The Morgan fingerprint density at radius 2 is 2.13 bits per heavy atom. The first-order valence-electron chi connectivity index (χ1n) is 7.24. The van der Waals surface area contributed by atoms with Crippen LogP contribution in [0.3, 0.4) is 0 Å². The number of aromatic nitrogens is 4. The van der Waals surface area contributed by atoms with E-state index in [4.69, 9.17) is 4.74 Å². The van der Waals surface area contributed by atoms with Crippen LogP contribution in [0.5, 0.6) is 0 Å². The van der Waals surface area contributed by atoms with Crippen molar-refractivity contribution in [3.8, 4) is 0 Å². The van der Waals surface area contributed by atoms with Crippen LogP contribution in [-0.2, 0) is 9.53 Å². The molecule has 1 unspecified atom stereocenters. The van der Waals surface area contributed by atoms with Gasteiger partial charge in [0.25, 0.3) is 5.78 Å². The molecule has 0 spiro atoms. The van der Waals surface area contributed by atoms with Crippen LogP contribution in [0.15, 0.2) is 47.8 Å². The second-order valence-corrected chi connectivity index (χ2v) is 5.99. The van der Waals surface area contributed by atoms with Gasteiger partial charge in [0, 0.05) is 5.69 Å². The SMILES string of the molecule is CCOC(=O)C(Sc1cc(C)nc2ncnn12)c1ccccc1. The minimum atomic E-state index is -0.467. The average Bonchev–Trinajstić information content (AvgIpc) is 3.01. The molecule has 7 heteroatoms. The van der Waals surface area contributed by atoms with Gasteiger partial charge in [-0.2, -0.15) is 14.6 Å². The maximum absolute atomic E-state index is 12.4. The first-order chi connectivity index (χ1) is 11.2. The van der Waals surface area contributed by atoms with E-state index in [-0.39, 0.29) is 5.97 Å². The van der Waals surface area contributed by atoms with Gasteiger partial charge in [-0.3, -0.25) is 4.79 Å². The zero-order valence-electron chi connectivity index (χ0n) is 12.8. The Kier molecular flexibility index (Phi) is 4.57. The number of benzene rings is 1. The standard InChI is InChI=1S/C16H16N4O2S/c1-3-22-15(21)14(12-7-5-4-6-8-12)23-13-9-11(2)19-16-17-10-18-20(13)16/h4-10,14H,3H2,1-2H3. The maximum atomic E-state index is 12.4. The Labute approximate surface area is 137 Å². The monoisotopic (exact) mass is 328 g/mol. The molecule has 2 heterocycles. The Morgan fingerprint density at radius 1 is 1.35 bits per heavy atom. The molecule has 0 saturated carbocycles. The predicted octanol–water partition coefficient (Wildman–Crippen LogP) is 2.83. The highest BCUT2D eigenvalue weighted by Gasteiger charge is 2.25. The number of aryl methyl sites for hydroxylation is 1. The van der Waals surface area contributed by atoms with Gasteiger partial charge in [0.15, 0.2) is 0 Å². The first kappa shape index (κ1) is 15.5. The van der Waals surface area contributed by atoms with Crippen LogP contribution in [-0.4, -0.2) is 32.2 Å². The number of thioether (sulfide) groups is 1. The summed E-state index contributed by atoms with van der Waals surface area (Å²) >= 11 is 1.38. The molecule has 0 N–H and O–H groups in total. The summed E-state index contributed by atoms with van der Waals surface area (Å²) in [7, 11) is 0. The van der Waals surface area contributed by atoms with Crippen LogP contribution in [0, 0.1) is 6.92 Å². The summed E-state index contributed by atoms with van der Waals surface area (Å²) in [5.41, 5.74) is 1.71. The van der Waals surface area contributed by atoms with Gasteiger partial charge in [-0.1, -0.05) is 42.1 Å². The molecule has 3 aromatic rings. The molecule has 6 nitrogen and oxygen atoms in total. The number of rotatable bonds is 5. The molecule has 23 heavy (non-hydrogen) atoms. The number of hydrogen-bond acceptors (Lipinski definition) is 6. The molecule has 3 rings (SSSR count). The van der Waals surface area contributed by atoms with Crippen molar-refractivity contribution in [3.05, 3.63) is 54.0 Å². The second kappa shape index (κ2) is 6.78. The van der Waals surface area contributed by atoms with Crippen molar-refractivity contribution >= 4 is 23.5 Å². The van der Waals surface area contributed by atoms with Crippen molar-refractivity contribution in [2.75, 3.05) is 6.61 Å².